The molecule has 1 rings (SSSR count). The zero-order valence-corrected chi connectivity index (χ0v) is 12.0. The van der Waals surface area contributed by atoms with Gasteiger partial charge in [-0.3, -0.25) is 9.59 Å². The highest BCUT2D eigenvalue weighted by Gasteiger charge is 2.40. The van der Waals surface area contributed by atoms with Crippen molar-refractivity contribution in [2.45, 2.75) is 77.9 Å². The Labute approximate surface area is 110 Å². The zero-order chi connectivity index (χ0) is 13.7. The molecule has 0 radical (unpaired) electrons. The molecule has 3 unspecified atom stereocenters. The quantitative estimate of drug-likeness (QED) is 0.789. The van der Waals surface area contributed by atoms with E-state index in [1.807, 2.05) is 18.7 Å². The number of rotatable bonds is 6. The second-order valence-electron chi connectivity index (χ2n) is 5.12. The lowest BCUT2D eigenvalue weighted by molar-refractivity contribution is -0.151. The van der Waals surface area contributed by atoms with Gasteiger partial charge in [0.05, 0.1) is 0 Å². The number of piperazine rings is 1. The highest BCUT2D eigenvalue weighted by molar-refractivity contribution is 5.96. The number of carbonyl (C=O) groups excluding carboxylic acids is 2. The van der Waals surface area contributed by atoms with Crippen LogP contribution in [0.1, 0.15) is 59.8 Å². The molecule has 0 bridgehead atoms. The molecule has 0 aliphatic carbocycles. The number of nitrogens with one attached hydrogen (secondary N) is 1. The zero-order valence-electron chi connectivity index (χ0n) is 12.0. The van der Waals surface area contributed by atoms with Crippen LogP contribution in [0.25, 0.3) is 0 Å². The van der Waals surface area contributed by atoms with Crippen molar-refractivity contribution >= 4 is 11.8 Å². The van der Waals surface area contributed by atoms with E-state index in [2.05, 4.69) is 19.2 Å². The van der Waals surface area contributed by atoms with Crippen LogP contribution in [-0.4, -0.2) is 34.8 Å². The highest BCUT2D eigenvalue weighted by atomic mass is 16.2. The van der Waals surface area contributed by atoms with Gasteiger partial charge in [-0.1, -0.05) is 33.6 Å². The third-order valence-corrected chi connectivity index (χ3v) is 3.73. The van der Waals surface area contributed by atoms with Gasteiger partial charge in [0, 0.05) is 6.04 Å². The number of carbonyl (C=O) groups is 2. The number of nitrogens with zero attached hydrogens (tertiary/aromatic N) is 1. The molecule has 0 aromatic carbocycles. The molecule has 0 aromatic heterocycles. The topological polar surface area (TPSA) is 49.4 Å². The first-order valence-corrected chi connectivity index (χ1v) is 7.19. The lowest BCUT2D eigenvalue weighted by Crippen LogP contribution is -2.64. The molecular formula is C14H26N2O2. The van der Waals surface area contributed by atoms with Crippen LogP contribution in [0.3, 0.4) is 0 Å². The van der Waals surface area contributed by atoms with E-state index in [4.69, 9.17) is 0 Å². The van der Waals surface area contributed by atoms with Crippen molar-refractivity contribution in [2.24, 2.45) is 0 Å². The fourth-order valence-corrected chi connectivity index (χ4v) is 2.70. The molecule has 1 fully saturated rings. The van der Waals surface area contributed by atoms with Gasteiger partial charge in [-0.2, -0.15) is 0 Å². The van der Waals surface area contributed by atoms with Crippen LogP contribution in [0.2, 0.25) is 0 Å². The molecule has 104 valence electrons. The normalized spacial score (nSPS) is 26.1. The van der Waals surface area contributed by atoms with E-state index in [9.17, 15) is 9.59 Å². The number of hydrogen-bond donors (Lipinski definition) is 1. The average molecular weight is 254 g/mol. The standard InChI is InChI=1S/C14H26N2O2/c1-5-8-11(7-3)16-10(4)13(17)15-12(9-6-2)14(16)18/h10-12H,5-9H2,1-4H3,(H,15,17). The summed E-state index contributed by atoms with van der Waals surface area (Å²) < 4.78 is 0. The maximum absolute atomic E-state index is 12.5. The molecule has 1 N–H and O–H groups in total. The second kappa shape index (κ2) is 6.76. The molecule has 1 aliphatic heterocycles. The first kappa shape index (κ1) is 15.0. The van der Waals surface area contributed by atoms with Crippen molar-refractivity contribution in [3.8, 4) is 0 Å². The van der Waals surface area contributed by atoms with E-state index in [1.165, 1.54) is 0 Å². The number of hydrogen-bond acceptors (Lipinski definition) is 2. The molecule has 2 amide bonds. The molecule has 0 aromatic rings. The van der Waals surface area contributed by atoms with Crippen molar-refractivity contribution in [3.63, 3.8) is 0 Å². The minimum atomic E-state index is -0.331. The molecule has 1 aliphatic rings. The van der Waals surface area contributed by atoms with Crippen molar-refractivity contribution in [1.29, 1.82) is 0 Å². The Hall–Kier alpha value is -1.06. The predicted molar refractivity (Wildman–Crippen MR) is 72.1 cm³/mol. The summed E-state index contributed by atoms with van der Waals surface area (Å²) in [5, 5.41) is 2.84. The van der Waals surface area contributed by atoms with Gasteiger partial charge < -0.3 is 10.2 Å². The van der Waals surface area contributed by atoms with Crippen molar-refractivity contribution < 1.29 is 9.59 Å². The Bertz CT molecular complexity index is 304. The van der Waals surface area contributed by atoms with Crippen molar-refractivity contribution in [3.05, 3.63) is 0 Å². The van der Waals surface area contributed by atoms with Gasteiger partial charge in [-0.25, -0.2) is 0 Å². The van der Waals surface area contributed by atoms with Gasteiger partial charge >= 0.3 is 0 Å². The van der Waals surface area contributed by atoms with E-state index in [-0.39, 0.29) is 29.9 Å². The molecule has 1 heterocycles. The lowest BCUT2D eigenvalue weighted by Gasteiger charge is -2.42. The van der Waals surface area contributed by atoms with E-state index in [1.54, 1.807) is 0 Å². The van der Waals surface area contributed by atoms with Crippen LogP contribution in [0.4, 0.5) is 0 Å². The summed E-state index contributed by atoms with van der Waals surface area (Å²) in [7, 11) is 0. The Kier molecular flexibility index (Phi) is 5.63. The minimum absolute atomic E-state index is 0.0115. The minimum Gasteiger partial charge on any atom is -0.343 e. The largest absolute Gasteiger partial charge is 0.343 e. The van der Waals surface area contributed by atoms with Crippen LogP contribution in [0.5, 0.6) is 0 Å². The second-order valence-corrected chi connectivity index (χ2v) is 5.12. The van der Waals surface area contributed by atoms with E-state index < -0.39 is 0 Å². The summed E-state index contributed by atoms with van der Waals surface area (Å²) in [5.74, 6) is 0.0897. The summed E-state index contributed by atoms with van der Waals surface area (Å²) in [4.78, 5) is 26.2. The van der Waals surface area contributed by atoms with Crippen LogP contribution < -0.4 is 5.32 Å². The predicted octanol–water partition coefficient (Wildman–Crippen LogP) is 2.08. The van der Waals surface area contributed by atoms with Gasteiger partial charge in [0.15, 0.2) is 0 Å². The van der Waals surface area contributed by atoms with E-state index in [0.29, 0.717) is 0 Å². The van der Waals surface area contributed by atoms with Crippen molar-refractivity contribution in [2.75, 3.05) is 0 Å². The summed E-state index contributed by atoms with van der Waals surface area (Å²) in [6, 6.07) is -0.449. The molecule has 3 atom stereocenters. The molecule has 1 saturated heterocycles. The molecule has 4 nitrogen and oxygen atoms in total. The lowest BCUT2D eigenvalue weighted by atomic mass is 9.98. The maximum Gasteiger partial charge on any atom is 0.246 e. The molecule has 0 saturated carbocycles. The monoisotopic (exact) mass is 254 g/mol. The van der Waals surface area contributed by atoms with Crippen molar-refractivity contribution in [1.82, 2.24) is 10.2 Å². The molecule has 4 heteroatoms. The van der Waals surface area contributed by atoms with Crippen LogP contribution in [-0.2, 0) is 9.59 Å². The fourth-order valence-electron chi connectivity index (χ4n) is 2.70. The Morgan fingerprint density at radius 3 is 2.39 bits per heavy atom. The third-order valence-electron chi connectivity index (χ3n) is 3.73. The summed E-state index contributed by atoms with van der Waals surface area (Å²) >= 11 is 0. The van der Waals surface area contributed by atoms with E-state index >= 15 is 0 Å². The molecule has 0 spiro atoms. The van der Waals surface area contributed by atoms with Crippen LogP contribution >= 0.6 is 0 Å². The Balaban J connectivity index is 2.89. The number of amides is 2. The van der Waals surface area contributed by atoms with Gasteiger partial charge in [0.1, 0.15) is 12.1 Å². The Morgan fingerprint density at radius 1 is 1.22 bits per heavy atom. The first-order chi connectivity index (χ1) is 8.56. The smallest absolute Gasteiger partial charge is 0.246 e. The van der Waals surface area contributed by atoms with Crippen LogP contribution in [0, 0.1) is 0 Å². The summed E-state index contributed by atoms with van der Waals surface area (Å²) in [5.41, 5.74) is 0. The summed E-state index contributed by atoms with van der Waals surface area (Å²) in [6.45, 7) is 8.06. The fraction of sp³-hybridized carbons (Fsp3) is 0.857. The Morgan fingerprint density at radius 2 is 1.89 bits per heavy atom. The SMILES string of the molecule is CCCC1NC(=O)C(C)N(C(CC)CCC)C1=O. The maximum atomic E-state index is 12.5. The average Bonchev–Trinajstić information content (AvgIpc) is 2.35. The summed E-state index contributed by atoms with van der Waals surface area (Å²) in [6.07, 6.45) is 4.56. The highest BCUT2D eigenvalue weighted by Crippen LogP contribution is 2.21. The van der Waals surface area contributed by atoms with Gasteiger partial charge in [0.2, 0.25) is 11.8 Å². The van der Waals surface area contributed by atoms with Gasteiger partial charge in [-0.05, 0) is 26.2 Å². The molecular weight excluding hydrogens is 228 g/mol. The first-order valence-electron chi connectivity index (χ1n) is 7.19. The molecule has 18 heavy (non-hydrogen) atoms. The van der Waals surface area contributed by atoms with Gasteiger partial charge in [-0.15, -0.1) is 0 Å². The van der Waals surface area contributed by atoms with E-state index in [0.717, 1.165) is 32.1 Å². The van der Waals surface area contributed by atoms with Gasteiger partial charge in [0.25, 0.3) is 0 Å². The van der Waals surface area contributed by atoms with Crippen LogP contribution in [0.15, 0.2) is 0 Å². The third kappa shape index (κ3) is 3.03.